The molecule has 4 N–H and O–H groups in total. The van der Waals surface area contributed by atoms with Gasteiger partial charge in [0.25, 0.3) is 0 Å². The van der Waals surface area contributed by atoms with Gasteiger partial charge in [-0.3, -0.25) is 19.3 Å². The first-order valence-electron chi connectivity index (χ1n) is 13.2. The number of nitrogens with one attached hydrogen (secondary N) is 1. The molecule has 39 heavy (non-hydrogen) atoms. The van der Waals surface area contributed by atoms with E-state index in [1.807, 2.05) is 56.2 Å². The number of methoxy groups -OCH3 is 1. The van der Waals surface area contributed by atoms with Crippen LogP contribution in [0.4, 0.5) is 0 Å². The van der Waals surface area contributed by atoms with E-state index in [1.165, 1.54) is 7.11 Å². The molecule has 1 heterocycles. The Morgan fingerprint density at radius 3 is 2.46 bits per heavy atom. The van der Waals surface area contributed by atoms with Crippen molar-refractivity contribution >= 4 is 40.4 Å². The van der Waals surface area contributed by atoms with Crippen molar-refractivity contribution in [2.75, 3.05) is 32.2 Å². The molecular formula is C29H43N3O6S. The summed E-state index contributed by atoms with van der Waals surface area (Å²) < 4.78 is 10.7. The Morgan fingerprint density at radius 2 is 1.87 bits per heavy atom. The zero-order valence-electron chi connectivity index (χ0n) is 23.6. The Balaban J connectivity index is 0.000000510. The van der Waals surface area contributed by atoms with Crippen LogP contribution in [0.2, 0.25) is 0 Å². The van der Waals surface area contributed by atoms with Crippen molar-refractivity contribution in [1.82, 2.24) is 10.2 Å². The van der Waals surface area contributed by atoms with Crippen molar-refractivity contribution in [3.05, 3.63) is 48.0 Å². The molecule has 0 amide bonds. The van der Waals surface area contributed by atoms with Crippen LogP contribution in [0.15, 0.2) is 42.5 Å². The van der Waals surface area contributed by atoms with E-state index in [2.05, 4.69) is 23.5 Å². The van der Waals surface area contributed by atoms with Crippen molar-refractivity contribution in [1.29, 1.82) is 0 Å². The first-order valence-corrected chi connectivity index (χ1v) is 14.6. The van der Waals surface area contributed by atoms with Gasteiger partial charge in [0, 0.05) is 12.6 Å². The maximum Gasteiger partial charge on any atom is 0.325 e. The number of nitrogens with zero attached hydrogens (tertiary/aromatic N) is 1. The Labute approximate surface area is 235 Å². The Hall–Kier alpha value is -2.66. The first kappa shape index (κ1) is 32.6. The minimum atomic E-state index is -0.913. The van der Waals surface area contributed by atoms with Crippen LogP contribution in [-0.4, -0.2) is 83.8 Å². The van der Waals surface area contributed by atoms with Crippen molar-refractivity contribution in [2.45, 2.75) is 70.3 Å². The lowest BCUT2D eigenvalue weighted by atomic mass is 10.0. The van der Waals surface area contributed by atoms with Gasteiger partial charge in [-0.05, 0) is 74.9 Å². The van der Waals surface area contributed by atoms with Crippen LogP contribution in [0.25, 0.3) is 10.8 Å². The maximum absolute atomic E-state index is 13.3. The number of thioether (sulfide) groups is 1. The Bertz CT molecular complexity index is 1080. The van der Waals surface area contributed by atoms with Gasteiger partial charge in [-0.15, -0.1) is 0 Å². The van der Waals surface area contributed by atoms with Gasteiger partial charge in [0.15, 0.2) is 0 Å². The topological polar surface area (TPSA) is 131 Å². The monoisotopic (exact) mass is 561 g/mol. The zero-order valence-corrected chi connectivity index (χ0v) is 24.5. The summed E-state index contributed by atoms with van der Waals surface area (Å²) >= 11 is 1.60. The summed E-state index contributed by atoms with van der Waals surface area (Å²) in [6.45, 7) is 6.89. The predicted molar refractivity (Wildman–Crippen MR) is 156 cm³/mol. The largest absolute Gasteiger partial charge is 0.480 e. The van der Waals surface area contributed by atoms with Crippen LogP contribution in [0, 0.1) is 0 Å². The van der Waals surface area contributed by atoms with Gasteiger partial charge in [0.2, 0.25) is 0 Å². The summed E-state index contributed by atoms with van der Waals surface area (Å²) in [5.74, 6) is -0.787. The molecule has 2 aromatic carbocycles. The van der Waals surface area contributed by atoms with Gasteiger partial charge in [0.1, 0.15) is 17.7 Å². The highest BCUT2D eigenvalue weighted by atomic mass is 32.2. The van der Waals surface area contributed by atoms with Gasteiger partial charge in [-0.2, -0.15) is 11.8 Å². The number of benzene rings is 2. The molecule has 1 aliphatic rings. The number of hydrogen-bond acceptors (Lipinski definition) is 9. The number of aliphatic carboxylic acids is 1. The fourth-order valence-electron chi connectivity index (χ4n) is 4.41. The van der Waals surface area contributed by atoms with Crippen LogP contribution < -0.4 is 11.1 Å². The molecule has 216 valence electrons. The number of carboxylic acids is 1. The van der Waals surface area contributed by atoms with E-state index in [-0.39, 0.29) is 24.5 Å². The third kappa shape index (κ3) is 10.8. The number of esters is 2. The summed E-state index contributed by atoms with van der Waals surface area (Å²) in [7, 11) is 1.37. The second-order valence-corrected chi connectivity index (χ2v) is 11.5. The summed E-state index contributed by atoms with van der Waals surface area (Å²) in [6, 6.07) is 12.9. The molecule has 0 aromatic heterocycles. The third-order valence-corrected chi connectivity index (χ3v) is 6.93. The molecule has 1 unspecified atom stereocenters. The smallest absolute Gasteiger partial charge is 0.325 e. The molecule has 1 fully saturated rings. The quantitative estimate of drug-likeness (QED) is 0.351. The van der Waals surface area contributed by atoms with Crippen LogP contribution >= 0.6 is 11.8 Å². The lowest BCUT2D eigenvalue weighted by molar-refractivity contribution is -0.164. The summed E-state index contributed by atoms with van der Waals surface area (Å²) in [6.07, 6.45) is 4.33. The Morgan fingerprint density at radius 1 is 1.18 bits per heavy atom. The van der Waals surface area contributed by atoms with Gasteiger partial charge in [0.05, 0.1) is 13.7 Å². The van der Waals surface area contributed by atoms with Gasteiger partial charge < -0.3 is 25.6 Å². The molecule has 1 saturated heterocycles. The third-order valence-electron chi connectivity index (χ3n) is 6.28. The fourth-order valence-corrected chi connectivity index (χ4v) is 4.90. The van der Waals surface area contributed by atoms with Crippen LogP contribution in [0.5, 0.6) is 0 Å². The second kappa shape index (κ2) is 15.8. The van der Waals surface area contributed by atoms with E-state index in [0.717, 1.165) is 41.5 Å². The second-order valence-electron chi connectivity index (χ2n) is 10.5. The number of ether oxygens (including phenoxy) is 2. The molecule has 3 rings (SSSR count). The molecule has 0 aliphatic carbocycles. The van der Waals surface area contributed by atoms with Crippen molar-refractivity contribution in [2.24, 2.45) is 5.73 Å². The van der Waals surface area contributed by atoms with Crippen LogP contribution in [-0.2, 0) is 30.4 Å². The average molecular weight is 562 g/mol. The first-order chi connectivity index (χ1) is 18.5. The molecule has 10 heteroatoms. The normalized spacial score (nSPS) is 16.7. The molecule has 0 bridgehead atoms. The minimum Gasteiger partial charge on any atom is -0.480 e. The maximum atomic E-state index is 13.3. The van der Waals surface area contributed by atoms with Gasteiger partial charge >= 0.3 is 17.9 Å². The molecule has 3 atom stereocenters. The molecule has 0 radical (unpaired) electrons. The number of carbonyl (C=O) groups excluding carboxylic acids is 2. The molecule has 1 aliphatic heterocycles. The highest BCUT2D eigenvalue weighted by Gasteiger charge is 2.39. The molecule has 2 aromatic rings. The highest BCUT2D eigenvalue weighted by molar-refractivity contribution is 7.98. The van der Waals surface area contributed by atoms with Crippen molar-refractivity contribution < 1.29 is 29.0 Å². The summed E-state index contributed by atoms with van der Waals surface area (Å²) in [4.78, 5) is 37.5. The predicted octanol–water partition coefficient (Wildman–Crippen LogP) is 3.43. The lowest BCUT2D eigenvalue weighted by Crippen LogP contribution is -2.55. The number of nitrogens with two attached hydrogens (primary N) is 1. The van der Waals surface area contributed by atoms with E-state index >= 15 is 0 Å². The van der Waals surface area contributed by atoms with Gasteiger partial charge in [-0.25, -0.2) is 0 Å². The Kier molecular flexibility index (Phi) is 13.2. The van der Waals surface area contributed by atoms with E-state index in [0.29, 0.717) is 13.0 Å². The molecular weight excluding hydrogens is 518 g/mol. The van der Waals surface area contributed by atoms with Gasteiger partial charge in [-0.1, -0.05) is 42.5 Å². The minimum absolute atomic E-state index is 0.0157. The van der Waals surface area contributed by atoms with E-state index < -0.39 is 23.7 Å². The number of carboxylic acid groups (broad SMARTS) is 1. The van der Waals surface area contributed by atoms with Crippen LogP contribution in [0.3, 0.4) is 0 Å². The molecule has 0 spiro atoms. The SMILES string of the molecule is COC(=O)CN(Cc1cccc2ccccc12)C(C(=O)OC(C)(C)C)[C@@H]1CCCN1.CSCC[C@H](N)C(=O)O. The van der Waals surface area contributed by atoms with E-state index in [4.69, 9.17) is 20.3 Å². The number of carbonyl (C=O) groups is 3. The number of fused-ring (bicyclic) bond motifs is 1. The number of hydrogen-bond donors (Lipinski definition) is 3. The standard InChI is InChI=1S/C24H32N2O4.C5H11NO2S/c1-24(2,3)30-23(28)22(20-13-8-14-25-20)26(16-21(27)29-4)15-18-11-7-10-17-9-5-6-12-19(17)18;1-9-3-2-4(6)5(7)8/h5-7,9-12,20,22,25H,8,13-16H2,1-4H3;4H,2-3,6H2,1H3,(H,7,8)/t20-,22?;4-/m00/s1. The number of rotatable bonds is 11. The molecule has 9 nitrogen and oxygen atoms in total. The fraction of sp³-hybridized carbons (Fsp3) is 0.552. The average Bonchev–Trinajstić information content (AvgIpc) is 3.41. The summed E-state index contributed by atoms with van der Waals surface area (Å²) in [5.41, 5.74) is 5.64. The van der Waals surface area contributed by atoms with Crippen molar-refractivity contribution in [3.63, 3.8) is 0 Å². The molecule has 0 saturated carbocycles. The highest BCUT2D eigenvalue weighted by Crippen LogP contribution is 2.25. The van der Waals surface area contributed by atoms with Crippen molar-refractivity contribution in [3.8, 4) is 0 Å². The van der Waals surface area contributed by atoms with Crippen LogP contribution in [0.1, 0.15) is 45.6 Å². The van der Waals surface area contributed by atoms with E-state index in [1.54, 1.807) is 11.8 Å². The van der Waals surface area contributed by atoms with E-state index in [9.17, 15) is 14.4 Å². The zero-order chi connectivity index (χ0) is 29.0. The summed E-state index contributed by atoms with van der Waals surface area (Å²) in [5, 5.41) is 13.9. The lowest BCUT2D eigenvalue weighted by Gasteiger charge is -2.35.